The van der Waals surface area contributed by atoms with E-state index in [9.17, 15) is 22.7 Å². The van der Waals surface area contributed by atoms with Crippen LogP contribution in [0.15, 0.2) is 12.1 Å². The van der Waals surface area contributed by atoms with Crippen LogP contribution in [0.3, 0.4) is 0 Å². The molecular formula is C19H28FN3O4S. The molecule has 2 saturated heterocycles. The number of carbonyl (C=O) groups is 1. The molecule has 1 aromatic rings. The number of phenolic OH excluding ortho intramolecular Hbond substituents is 1. The van der Waals surface area contributed by atoms with Gasteiger partial charge >= 0.3 is 10.2 Å². The highest BCUT2D eigenvalue weighted by molar-refractivity contribution is 7.92. The molecule has 1 atom stereocenters. The van der Waals surface area contributed by atoms with E-state index in [1.807, 2.05) is 0 Å². The van der Waals surface area contributed by atoms with Gasteiger partial charge in [0, 0.05) is 6.54 Å². The SMILES string of the molecule is CC(C)CCN1CCCC(Cc2cc(O)c(N3CC(=O)NS3(=O)=O)c(F)c2)C1. The molecule has 28 heavy (non-hydrogen) atoms. The molecule has 2 N–H and O–H groups in total. The number of nitrogens with zero attached hydrogens (tertiary/aromatic N) is 2. The van der Waals surface area contributed by atoms with E-state index >= 15 is 0 Å². The Morgan fingerprint density at radius 2 is 2.11 bits per heavy atom. The zero-order valence-electron chi connectivity index (χ0n) is 16.3. The summed E-state index contributed by atoms with van der Waals surface area (Å²) in [6, 6.07) is 2.67. The van der Waals surface area contributed by atoms with Gasteiger partial charge in [0.15, 0.2) is 5.82 Å². The number of hydrogen-bond donors (Lipinski definition) is 2. The summed E-state index contributed by atoms with van der Waals surface area (Å²) < 4.78 is 40.9. The van der Waals surface area contributed by atoms with Crippen molar-refractivity contribution < 1.29 is 22.7 Å². The van der Waals surface area contributed by atoms with E-state index in [0.29, 0.717) is 28.1 Å². The smallest absolute Gasteiger partial charge is 0.326 e. The number of anilines is 1. The zero-order chi connectivity index (χ0) is 20.5. The lowest BCUT2D eigenvalue weighted by Crippen LogP contribution is -2.37. The molecule has 1 unspecified atom stereocenters. The second kappa shape index (κ2) is 8.24. The van der Waals surface area contributed by atoms with Gasteiger partial charge in [-0.2, -0.15) is 8.42 Å². The molecule has 1 aromatic carbocycles. The molecule has 0 radical (unpaired) electrons. The Kier molecular flexibility index (Phi) is 6.14. The van der Waals surface area contributed by atoms with Crippen molar-refractivity contribution in [2.75, 3.05) is 30.5 Å². The number of likely N-dealkylation sites (tertiary alicyclic amines) is 1. The standard InChI is InChI=1S/C19H28FN3O4S/c1-13(2)5-7-22-6-3-4-14(11-22)8-15-9-16(20)19(17(24)10-15)23-12-18(25)21-28(23,26)27/h9-10,13-14,24H,3-8,11-12H2,1-2H3,(H,21,25). The summed E-state index contributed by atoms with van der Waals surface area (Å²) in [4.78, 5) is 13.8. The molecule has 2 heterocycles. The normalized spacial score (nSPS) is 22.6. The van der Waals surface area contributed by atoms with Crippen LogP contribution >= 0.6 is 0 Å². The molecule has 2 fully saturated rings. The first-order valence-electron chi connectivity index (χ1n) is 9.72. The largest absolute Gasteiger partial charge is 0.506 e. The fourth-order valence-electron chi connectivity index (χ4n) is 3.94. The Bertz CT molecular complexity index is 821. The number of aromatic hydroxyl groups is 1. The maximum atomic E-state index is 14.7. The lowest BCUT2D eigenvalue weighted by molar-refractivity contribution is -0.117. The van der Waals surface area contributed by atoms with Gasteiger partial charge in [0.05, 0.1) is 0 Å². The van der Waals surface area contributed by atoms with Gasteiger partial charge in [0.2, 0.25) is 0 Å². The molecule has 2 aliphatic rings. The molecule has 2 aliphatic heterocycles. The predicted molar refractivity (Wildman–Crippen MR) is 105 cm³/mol. The van der Waals surface area contributed by atoms with Crippen molar-refractivity contribution in [3.63, 3.8) is 0 Å². The maximum Gasteiger partial charge on any atom is 0.326 e. The van der Waals surface area contributed by atoms with Crippen LogP contribution in [0.1, 0.15) is 38.7 Å². The fourth-order valence-corrected chi connectivity index (χ4v) is 5.12. The Morgan fingerprint density at radius 1 is 1.36 bits per heavy atom. The average Bonchev–Trinajstić information content (AvgIpc) is 2.85. The fraction of sp³-hybridized carbons (Fsp3) is 0.632. The molecule has 0 spiro atoms. The lowest BCUT2D eigenvalue weighted by Gasteiger charge is -2.33. The molecule has 1 amide bonds. The van der Waals surface area contributed by atoms with Crippen LogP contribution in [0, 0.1) is 17.7 Å². The van der Waals surface area contributed by atoms with Crippen molar-refractivity contribution in [3.8, 4) is 5.75 Å². The number of benzene rings is 1. The number of hydrogen-bond acceptors (Lipinski definition) is 5. The molecule has 0 aliphatic carbocycles. The van der Waals surface area contributed by atoms with Gasteiger partial charge in [-0.1, -0.05) is 13.8 Å². The molecule has 0 bridgehead atoms. The molecule has 156 valence electrons. The topological polar surface area (TPSA) is 89.9 Å². The van der Waals surface area contributed by atoms with Crippen LogP contribution in [-0.4, -0.2) is 50.5 Å². The minimum Gasteiger partial charge on any atom is -0.506 e. The molecular weight excluding hydrogens is 385 g/mol. The van der Waals surface area contributed by atoms with Crippen LogP contribution in [0.2, 0.25) is 0 Å². The third-order valence-electron chi connectivity index (χ3n) is 5.32. The summed E-state index contributed by atoms with van der Waals surface area (Å²) in [6.07, 6.45) is 3.90. The number of carbonyl (C=O) groups excluding carboxylic acids is 1. The van der Waals surface area contributed by atoms with Crippen molar-refractivity contribution in [1.29, 1.82) is 0 Å². The van der Waals surface area contributed by atoms with E-state index in [1.54, 1.807) is 4.72 Å². The Labute approximate surface area is 165 Å². The Balaban J connectivity index is 1.72. The third-order valence-corrected chi connectivity index (χ3v) is 6.70. The monoisotopic (exact) mass is 413 g/mol. The molecule has 0 aromatic heterocycles. The molecule has 3 rings (SSSR count). The summed E-state index contributed by atoms with van der Waals surface area (Å²) in [5.74, 6) is -1.05. The van der Waals surface area contributed by atoms with Gasteiger partial charge < -0.3 is 10.0 Å². The van der Waals surface area contributed by atoms with Crippen LogP contribution in [-0.2, 0) is 21.4 Å². The number of amides is 1. The van der Waals surface area contributed by atoms with Gasteiger partial charge in [-0.15, -0.1) is 0 Å². The van der Waals surface area contributed by atoms with Crippen molar-refractivity contribution in [2.24, 2.45) is 11.8 Å². The Hall–Kier alpha value is -1.87. The highest BCUT2D eigenvalue weighted by atomic mass is 32.2. The van der Waals surface area contributed by atoms with Crippen LogP contribution in [0.25, 0.3) is 0 Å². The third kappa shape index (κ3) is 4.75. The second-order valence-electron chi connectivity index (χ2n) is 8.18. The van der Waals surface area contributed by atoms with Crippen molar-refractivity contribution in [1.82, 2.24) is 9.62 Å². The van der Waals surface area contributed by atoms with Gasteiger partial charge in [-0.25, -0.2) is 13.4 Å². The van der Waals surface area contributed by atoms with Crippen molar-refractivity contribution in [2.45, 2.75) is 39.5 Å². The number of rotatable bonds is 6. The van der Waals surface area contributed by atoms with Crippen molar-refractivity contribution >= 4 is 21.8 Å². The van der Waals surface area contributed by atoms with Crippen LogP contribution in [0.4, 0.5) is 10.1 Å². The number of piperidine rings is 1. The van der Waals surface area contributed by atoms with Gasteiger partial charge in [-0.05, 0) is 68.3 Å². The minimum atomic E-state index is -4.17. The lowest BCUT2D eigenvalue weighted by atomic mass is 9.90. The molecule has 7 nitrogen and oxygen atoms in total. The summed E-state index contributed by atoms with van der Waals surface area (Å²) in [7, 11) is -4.17. The van der Waals surface area contributed by atoms with Crippen LogP contribution in [0.5, 0.6) is 5.75 Å². The van der Waals surface area contributed by atoms with E-state index in [4.69, 9.17) is 0 Å². The second-order valence-corrected chi connectivity index (χ2v) is 9.77. The summed E-state index contributed by atoms with van der Waals surface area (Å²) in [5.41, 5.74) is 0.148. The molecule has 9 heteroatoms. The Morgan fingerprint density at radius 3 is 2.71 bits per heavy atom. The number of phenols is 1. The first-order chi connectivity index (χ1) is 13.2. The van der Waals surface area contributed by atoms with E-state index in [2.05, 4.69) is 18.7 Å². The highest BCUT2D eigenvalue weighted by Crippen LogP contribution is 2.35. The first-order valence-corrected chi connectivity index (χ1v) is 11.2. The minimum absolute atomic E-state index is 0.365. The summed E-state index contributed by atoms with van der Waals surface area (Å²) >= 11 is 0. The van der Waals surface area contributed by atoms with E-state index in [1.165, 1.54) is 12.1 Å². The number of nitrogens with one attached hydrogen (secondary N) is 1. The maximum absolute atomic E-state index is 14.7. The highest BCUT2D eigenvalue weighted by Gasteiger charge is 2.37. The van der Waals surface area contributed by atoms with E-state index in [-0.39, 0.29) is 0 Å². The van der Waals surface area contributed by atoms with E-state index in [0.717, 1.165) is 38.9 Å². The van der Waals surface area contributed by atoms with Crippen LogP contribution < -0.4 is 9.03 Å². The van der Waals surface area contributed by atoms with Gasteiger partial charge in [0.1, 0.15) is 18.0 Å². The first kappa shape index (κ1) is 20.9. The average molecular weight is 414 g/mol. The quantitative estimate of drug-likeness (QED) is 0.745. The van der Waals surface area contributed by atoms with Gasteiger partial charge in [0.25, 0.3) is 5.91 Å². The zero-order valence-corrected chi connectivity index (χ0v) is 17.1. The summed E-state index contributed by atoms with van der Waals surface area (Å²) in [6.45, 7) is 6.95. The van der Waals surface area contributed by atoms with E-state index < -0.39 is 39.9 Å². The molecule has 0 saturated carbocycles. The van der Waals surface area contributed by atoms with Crippen molar-refractivity contribution in [3.05, 3.63) is 23.5 Å². The van der Waals surface area contributed by atoms with Gasteiger partial charge in [-0.3, -0.25) is 4.79 Å². The predicted octanol–water partition coefficient (Wildman–Crippen LogP) is 2.01. The number of halogens is 1. The summed E-state index contributed by atoms with van der Waals surface area (Å²) in [5, 5.41) is 10.3.